The molecule has 0 radical (unpaired) electrons. The summed E-state index contributed by atoms with van der Waals surface area (Å²) in [5.41, 5.74) is 10.2. The maximum atomic E-state index is 9.59. The molecule has 0 aliphatic rings. The van der Waals surface area contributed by atoms with Gasteiger partial charge in [-0.1, -0.05) is 25.5 Å². The summed E-state index contributed by atoms with van der Waals surface area (Å²) in [5, 5.41) is 15.1. The zero-order valence-corrected chi connectivity index (χ0v) is 11.6. The molecule has 6 nitrogen and oxygen atoms in total. The van der Waals surface area contributed by atoms with Gasteiger partial charge in [-0.25, -0.2) is 0 Å². The summed E-state index contributed by atoms with van der Waals surface area (Å²) in [6.07, 6.45) is 2.18. The van der Waals surface area contributed by atoms with Crippen LogP contribution in [0.5, 0.6) is 5.75 Å². The minimum absolute atomic E-state index is 0.245. The molecule has 0 heterocycles. The third-order valence-electron chi connectivity index (χ3n) is 1.74. The van der Waals surface area contributed by atoms with Gasteiger partial charge in [0.05, 0.1) is 7.11 Å². The Labute approximate surface area is 113 Å². The first-order valence-corrected chi connectivity index (χ1v) is 5.75. The van der Waals surface area contributed by atoms with Gasteiger partial charge in [0.1, 0.15) is 5.75 Å². The second-order valence-corrected chi connectivity index (χ2v) is 3.57. The summed E-state index contributed by atoms with van der Waals surface area (Å²) >= 11 is 0. The summed E-state index contributed by atoms with van der Waals surface area (Å²) < 4.78 is 4.11. The Hall–Kier alpha value is -2.24. The number of benzene rings is 1. The van der Waals surface area contributed by atoms with E-state index < -0.39 is 0 Å². The smallest absolute Gasteiger partial charge is 0.302 e. The number of esters is 1. The molecule has 0 saturated heterocycles. The highest BCUT2D eigenvalue weighted by Crippen LogP contribution is 2.11. The molecule has 0 aromatic heterocycles. The number of ether oxygens (including phenoxy) is 1. The molecular formula is C13H23N3O3. The van der Waals surface area contributed by atoms with Gasteiger partial charge in [0.25, 0.3) is 0 Å². The Kier molecular flexibility index (Phi) is 12.3. The largest absolute Gasteiger partial charge is 0.508 e. The van der Waals surface area contributed by atoms with Crippen LogP contribution < -0.4 is 11.5 Å². The fourth-order valence-electron chi connectivity index (χ4n) is 1.00. The van der Waals surface area contributed by atoms with Crippen LogP contribution in [0.4, 0.5) is 0 Å². The van der Waals surface area contributed by atoms with Crippen LogP contribution in [0.15, 0.2) is 24.3 Å². The van der Waals surface area contributed by atoms with E-state index in [1.807, 2.05) is 18.2 Å². The number of guanidine groups is 1. The molecule has 0 spiro atoms. The Morgan fingerprint density at radius 3 is 2.21 bits per heavy atom. The molecule has 0 aliphatic carbocycles. The molecular weight excluding hydrogens is 246 g/mol. The highest BCUT2D eigenvalue weighted by atomic mass is 16.5. The minimum atomic E-state index is -0.333. The van der Waals surface area contributed by atoms with Crippen LogP contribution in [0.3, 0.4) is 0 Å². The van der Waals surface area contributed by atoms with Crippen molar-refractivity contribution in [1.29, 1.82) is 5.41 Å². The zero-order chi connectivity index (χ0) is 15.3. The summed E-state index contributed by atoms with van der Waals surface area (Å²) in [6, 6.07) is 7.41. The first-order chi connectivity index (χ1) is 8.83. The predicted octanol–water partition coefficient (Wildman–Crippen LogP) is 1.36. The molecule has 1 rings (SSSR count). The number of aryl methyl sites for hydroxylation is 1. The molecule has 0 fully saturated rings. The highest BCUT2D eigenvalue weighted by Gasteiger charge is 1.90. The maximum Gasteiger partial charge on any atom is 0.302 e. The third kappa shape index (κ3) is 18.3. The molecule has 6 N–H and O–H groups in total. The van der Waals surface area contributed by atoms with Crippen molar-refractivity contribution in [1.82, 2.24) is 0 Å². The third-order valence-corrected chi connectivity index (χ3v) is 1.74. The molecule has 0 atom stereocenters. The van der Waals surface area contributed by atoms with Crippen LogP contribution in [0.1, 0.15) is 25.8 Å². The number of hydrogen-bond donors (Lipinski definition) is 4. The van der Waals surface area contributed by atoms with Crippen LogP contribution in [-0.4, -0.2) is 24.1 Å². The number of aromatic hydroxyl groups is 1. The second kappa shape index (κ2) is 12.2. The van der Waals surface area contributed by atoms with Crippen LogP contribution in [0, 0.1) is 5.41 Å². The Bertz CT molecular complexity index is 377. The van der Waals surface area contributed by atoms with Crippen molar-refractivity contribution in [3.05, 3.63) is 29.8 Å². The molecule has 1 aromatic rings. The van der Waals surface area contributed by atoms with Gasteiger partial charge in [0.2, 0.25) is 0 Å². The van der Waals surface area contributed by atoms with Crippen LogP contribution in [0.25, 0.3) is 0 Å². The van der Waals surface area contributed by atoms with Crippen molar-refractivity contribution < 1.29 is 14.6 Å². The molecule has 0 amide bonds. The average molecular weight is 269 g/mol. The van der Waals surface area contributed by atoms with E-state index in [9.17, 15) is 4.79 Å². The topological polar surface area (TPSA) is 122 Å². The fraction of sp³-hybridized carbons (Fsp3) is 0.385. The van der Waals surface area contributed by atoms with E-state index in [0.717, 1.165) is 12.8 Å². The molecule has 19 heavy (non-hydrogen) atoms. The number of hydrogen-bond acceptors (Lipinski definition) is 4. The van der Waals surface area contributed by atoms with Gasteiger partial charge in [0.15, 0.2) is 5.96 Å². The lowest BCUT2D eigenvalue weighted by molar-refractivity contribution is -0.137. The van der Waals surface area contributed by atoms with Gasteiger partial charge in [0, 0.05) is 6.92 Å². The molecule has 1 aromatic carbocycles. The molecule has 108 valence electrons. The molecule has 6 heteroatoms. The van der Waals surface area contributed by atoms with Crippen molar-refractivity contribution in [3.63, 3.8) is 0 Å². The molecule has 0 unspecified atom stereocenters. The number of rotatable bonds is 2. The molecule has 0 bridgehead atoms. The lowest BCUT2D eigenvalue weighted by Crippen LogP contribution is -2.20. The van der Waals surface area contributed by atoms with Gasteiger partial charge in [-0.3, -0.25) is 10.2 Å². The lowest BCUT2D eigenvalue weighted by Gasteiger charge is -1.97. The van der Waals surface area contributed by atoms with Crippen LogP contribution in [-0.2, 0) is 16.0 Å². The Morgan fingerprint density at radius 2 is 1.89 bits per heavy atom. The van der Waals surface area contributed by atoms with Crippen LogP contribution >= 0.6 is 0 Å². The number of phenolic OH excluding ortho intramolecular Hbond substituents is 1. The van der Waals surface area contributed by atoms with Crippen molar-refractivity contribution in [2.45, 2.75) is 26.7 Å². The molecule has 0 saturated carbocycles. The van der Waals surface area contributed by atoms with E-state index in [-0.39, 0.29) is 11.9 Å². The quantitative estimate of drug-likeness (QED) is 0.367. The van der Waals surface area contributed by atoms with Crippen molar-refractivity contribution in [2.75, 3.05) is 7.11 Å². The number of carbonyl (C=O) groups is 1. The Balaban J connectivity index is 0. The van der Waals surface area contributed by atoms with Gasteiger partial charge < -0.3 is 21.3 Å². The lowest BCUT2D eigenvalue weighted by atomic mass is 10.1. The summed E-state index contributed by atoms with van der Waals surface area (Å²) in [4.78, 5) is 9.59. The summed E-state index contributed by atoms with van der Waals surface area (Å²) in [7, 11) is 1.35. The van der Waals surface area contributed by atoms with E-state index in [2.05, 4.69) is 23.1 Å². The SMILES string of the molecule is CCCc1cccc(O)c1.COC(C)=O.N=C(N)N. The Morgan fingerprint density at radius 1 is 1.42 bits per heavy atom. The van der Waals surface area contributed by atoms with E-state index in [1.54, 1.807) is 6.07 Å². The summed E-state index contributed by atoms with van der Waals surface area (Å²) in [6.45, 7) is 3.49. The fourth-order valence-corrected chi connectivity index (χ4v) is 1.00. The van der Waals surface area contributed by atoms with Gasteiger partial charge in [-0.15, -0.1) is 0 Å². The van der Waals surface area contributed by atoms with E-state index in [1.165, 1.54) is 19.6 Å². The van der Waals surface area contributed by atoms with Crippen molar-refractivity contribution in [3.8, 4) is 5.75 Å². The first-order valence-electron chi connectivity index (χ1n) is 5.75. The zero-order valence-electron chi connectivity index (χ0n) is 11.6. The van der Waals surface area contributed by atoms with Gasteiger partial charge in [-0.2, -0.15) is 0 Å². The van der Waals surface area contributed by atoms with E-state index >= 15 is 0 Å². The van der Waals surface area contributed by atoms with E-state index in [4.69, 9.17) is 10.5 Å². The van der Waals surface area contributed by atoms with Crippen molar-refractivity contribution >= 4 is 11.9 Å². The monoisotopic (exact) mass is 269 g/mol. The van der Waals surface area contributed by atoms with E-state index in [0.29, 0.717) is 5.75 Å². The number of phenols is 1. The minimum Gasteiger partial charge on any atom is -0.508 e. The number of carbonyl (C=O) groups excluding carboxylic acids is 1. The predicted molar refractivity (Wildman–Crippen MR) is 75.9 cm³/mol. The maximum absolute atomic E-state index is 9.59. The second-order valence-electron chi connectivity index (χ2n) is 3.57. The van der Waals surface area contributed by atoms with Crippen LogP contribution in [0.2, 0.25) is 0 Å². The normalized spacial score (nSPS) is 8.16. The summed E-state index contributed by atoms with van der Waals surface area (Å²) in [5.74, 6) is -0.212. The number of methoxy groups -OCH3 is 1. The standard InChI is InChI=1S/C9H12O.C3H6O2.CH5N3/c1-2-4-8-5-3-6-9(10)7-8;1-3(4)5-2;2-1(3)4/h3,5-7,10H,2,4H2,1H3;1-2H3;(H5,2,3,4). The highest BCUT2D eigenvalue weighted by molar-refractivity contribution is 5.71. The van der Waals surface area contributed by atoms with Gasteiger partial charge >= 0.3 is 5.97 Å². The molecule has 0 aliphatic heterocycles. The number of nitrogens with one attached hydrogen (secondary N) is 1. The first kappa shape index (κ1) is 19.1. The average Bonchev–Trinajstić information content (AvgIpc) is 2.29. The number of nitrogens with two attached hydrogens (primary N) is 2. The van der Waals surface area contributed by atoms with Crippen molar-refractivity contribution in [2.24, 2.45) is 11.5 Å². The van der Waals surface area contributed by atoms with Gasteiger partial charge in [-0.05, 0) is 24.1 Å².